The summed E-state index contributed by atoms with van der Waals surface area (Å²) in [6.07, 6.45) is 1.17. The van der Waals surface area contributed by atoms with Crippen LogP contribution in [0, 0.1) is 11.6 Å². The zero-order valence-corrected chi connectivity index (χ0v) is 9.73. The van der Waals surface area contributed by atoms with Gasteiger partial charge in [0.1, 0.15) is 17.8 Å². The number of halogens is 2. The molecule has 1 amide bonds. The first-order chi connectivity index (χ1) is 9.06. The molecule has 7 heteroatoms. The van der Waals surface area contributed by atoms with Crippen LogP contribution in [0.25, 0.3) is 0 Å². The lowest BCUT2D eigenvalue weighted by atomic mass is 10.2. The maximum atomic E-state index is 13.0. The molecule has 5 nitrogen and oxygen atoms in total. The summed E-state index contributed by atoms with van der Waals surface area (Å²) in [6, 6.07) is 4.72. The molecule has 1 aromatic carbocycles. The number of aromatic nitrogens is 2. The first kappa shape index (κ1) is 12.9. The second-order valence-electron chi connectivity index (χ2n) is 3.76. The largest absolute Gasteiger partial charge is 0.384 e. The monoisotopic (exact) mass is 264 g/mol. The van der Waals surface area contributed by atoms with Gasteiger partial charge in [0, 0.05) is 12.6 Å². The zero-order chi connectivity index (χ0) is 13.8. The lowest BCUT2D eigenvalue weighted by Crippen LogP contribution is -2.24. The van der Waals surface area contributed by atoms with Gasteiger partial charge >= 0.3 is 0 Å². The molecule has 0 aliphatic carbocycles. The van der Waals surface area contributed by atoms with Gasteiger partial charge in [-0.15, -0.1) is 0 Å². The van der Waals surface area contributed by atoms with Gasteiger partial charge in [0.15, 0.2) is 11.6 Å². The molecule has 0 aliphatic rings. The van der Waals surface area contributed by atoms with E-state index in [1.165, 1.54) is 18.5 Å². The van der Waals surface area contributed by atoms with Crippen molar-refractivity contribution in [2.24, 2.45) is 0 Å². The van der Waals surface area contributed by atoms with Gasteiger partial charge in [0.25, 0.3) is 5.91 Å². The number of hydrogen-bond acceptors (Lipinski definition) is 4. The van der Waals surface area contributed by atoms with Crippen molar-refractivity contribution in [3.8, 4) is 0 Å². The van der Waals surface area contributed by atoms with Crippen LogP contribution in [0.5, 0.6) is 0 Å². The molecule has 3 N–H and O–H groups in total. The Hall–Kier alpha value is -2.57. The summed E-state index contributed by atoms with van der Waals surface area (Å²) >= 11 is 0. The number of nitrogens with two attached hydrogens (primary N) is 1. The predicted molar refractivity (Wildman–Crippen MR) is 64.0 cm³/mol. The number of rotatable bonds is 3. The van der Waals surface area contributed by atoms with Crippen molar-refractivity contribution in [2.45, 2.75) is 6.54 Å². The Balaban J connectivity index is 2.02. The van der Waals surface area contributed by atoms with E-state index in [0.717, 1.165) is 12.1 Å². The van der Waals surface area contributed by atoms with Crippen LogP contribution in [0.4, 0.5) is 14.6 Å². The third-order valence-corrected chi connectivity index (χ3v) is 2.36. The average Bonchev–Trinajstić information content (AvgIpc) is 2.40. The van der Waals surface area contributed by atoms with Crippen molar-refractivity contribution in [3.63, 3.8) is 0 Å². The van der Waals surface area contributed by atoms with Gasteiger partial charge < -0.3 is 11.1 Å². The number of carbonyl (C=O) groups excluding carboxylic acids is 1. The molecule has 0 radical (unpaired) electrons. The highest BCUT2D eigenvalue weighted by atomic mass is 19.2. The van der Waals surface area contributed by atoms with Crippen molar-refractivity contribution in [1.82, 2.24) is 15.3 Å². The highest BCUT2D eigenvalue weighted by Gasteiger charge is 2.08. The molecule has 1 aromatic heterocycles. The second-order valence-corrected chi connectivity index (χ2v) is 3.76. The summed E-state index contributed by atoms with van der Waals surface area (Å²) in [4.78, 5) is 19.1. The van der Waals surface area contributed by atoms with Crippen LogP contribution in [-0.2, 0) is 6.54 Å². The van der Waals surface area contributed by atoms with Crippen LogP contribution >= 0.6 is 0 Å². The molecule has 2 rings (SSSR count). The van der Waals surface area contributed by atoms with E-state index in [2.05, 4.69) is 15.3 Å². The molecule has 0 spiro atoms. The van der Waals surface area contributed by atoms with Crippen molar-refractivity contribution in [3.05, 3.63) is 53.5 Å². The fraction of sp³-hybridized carbons (Fsp3) is 0.0833. The Morgan fingerprint density at radius 1 is 1.21 bits per heavy atom. The number of nitrogens with zero attached hydrogens (tertiary/aromatic N) is 2. The molecule has 1 heterocycles. The standard InChI is InChI=1S/C12H10F2N4O/c13-8-2-1-7(3-9(8)14)5-16-12(19)10-4-11(15)18-6-17-10/h1-4,6H,5H2,(H,16,19)(H2,15,17,18). The number of hydrogen-bond donors (Lipinski definition) is 2. The van der Waals surface area contributed by atoms with Gasteiger partial charge in [-0.2, -0.15) is 0 Å². The van der Waals surface area contributed by atoms with Crippen LogP contribution in [0.2, 0.25) is 0 Å². The SMILES string of the molecule is Nc1cc(C(=O)NCc2ccc(F)c(F)c2)ncn1. The Morgan fingerprint density at radius 2 is 2.00 bits per heavy atom. The maximum Gasteiger partial charge on any atom is 0.270 e. The van der Waals surface area contributed by atoms with Crippen molar-refractivity contribution >= 4 is 11.7 Å². The predicted octanol–water partition coefficient (Wildman–Crippen LogP) is 1.27. The van der Waals surface area contributed by atoms with E-state index < -0.39 is 17.5 Å². The molecule has 0 aliphatic heterocycles. The second kappa shape index (κ2) is 5.38. The van der Waals surface area contributed by atoms with Gasteiger partial charge in [-0.3, -0.25) is 4.79 Å². The molecule has 19 heavy (non-hydrogen) atoms. The van der Waals surface area contributed by atoms with Crippen LogP contribution in [-0.4, -0.2) is 15.9 Å². The number of carbonyl (C=O) groups is 1. The molecule has 0 unspecified atom stereocenters. The van der Waals surface area contributed by atoms with E-state index in [0.29, 0.717) is 5.56 Å². The lowest BCUT2D eigenvalue weighted by Gasteiger charge is -2.05. The lowest BCUT2D eigenvalue weighted by molar-refractivity contribution is 0.0945. The summed E-state index contributed by atoms with van der Waals surface area (Å²) in [5.74, 6) is -2.19. The number of amides is 1. The summed E-state index contributed by atoms with van der Waals surface area (Å²) < 4.78 is 25.7. The van der Waals surface area contributed by atoms with Gasteiger partial charge in [-0.1, -0.05) is 6.07 Å². The third kappa shape index (κ3) is 3.21. The fourth-order valence-corrected chi connectivity index (χ4v) is 1.42. The van der Waals surface area contributed by atoms with Crippen LogP contribution < -0.4 is 11.1 Å². The summed E-state index contributed by atoms with van der Waals surface area (Å²) in [5.41, 5.74) is 5.96. The number of nitrogen functional groups attached to an aromatic ring is 1. The summed E-state index contributed by atoms with van der Waals surface area (Å²) in [5, 5.41) is 2.52. The average molecular weight is 264 g/mol. The summed E-state index contributed by atoms with van der Waals surface area (Å²) in [7, 11) is 0. The van der Waals surface area contributed by atoms with E-state index in [-0.39, 0.29) is 18.1 Å². The molecule has 0 saturated heterocycles. The minimum atomic E-state index is -0.960. The van der Waals surface area contributed by atoms with Crippen molar-refractivity contribution in [1.29, 1.82) is 0 Å². The topological polar surface area (TPSA) is 80.9 Å². The van der Waals surface area contributed by atoms with E-state index >= 15 is 0 Å². The first-order valence-electron chi connectivity index (χ1n) is 5.36. The molecular weight excluding hydrogens is 254 g/mol. The Kier molecular flexibility index (Phi) is 3.65. The minimum Gasteiger partial charge on any atom is -0.384 e. The number of nitrogens with one attached hydrogen (secondary N) is 1. The minimum absolute atomic E-state index is 0.0555. The smallest absolute Gasteiger partial charge is 0.270 e. The molecule has 98 valence electrons. The summed E-state index contributed by atoms with van der Waals surface area (Å²) in [6.45, 7) is 0.0555. The fourth-order valence-electron chi connectivity index (χ4n) is 1.42. The van der Waals surface area contributed by atoms with E-state index in [9.17, 15) is 13.6 Å². The first-order valence-corrected chi connectivity index (χ1v) is 5.36. The van der Waals surface area contributed by atoms with Crippen molar-refractivity contribution in [2.75, 3.05) is 5.73 Å². The number of anilines is 1. The zero-order valence-electron chi connectivity index (χ0n) is 9.73. The maximum absolute atomic E-state index is 13.0. The molecule has 0 fully saturated rings. The molecule has 0 saturated carbocycles. The molecule has 0 atom stereocenters. The quantitative estimate of drug-likeness (QED) is 0.874. The van der Waals surface area contributed by atoms with Gasteiger partial charge in [0.2, 0.25) is 0 Å². The molecule has 2 aromatic rings. The van der Waals surface area contributed by atoms with Crippen LogP contribution in [0.15, 0.2) is 30.6 Å². The van der Waals surface area contributed by atoms with Gasteiger partial charge in [0.05, 0.1) is 0 Å². The molecule has 0 bridgehead atoms. The van der Waals surface area contributed by atoms with E-state index in [1.807, 2.05) is 0 Å². The Labute approximate surface area is 107 Å². The van der Waals surface area contributed by atoms with Gasteiger partial charge in [-0.25, -0.2) is 18.7 Å². The third-order valence-electron chi connectivity index (χ3n) is 2.36. The number of benzene rings is 1. The highest BCUT2D eigenvalue weighted by molar-refractivity contribution is 5.92. The normalized spacial score (nSPS) is 10.2. The van der Waals surface area contributed by atoms with Crippen molar-refractivity contribution < 1.29 is 13.6 Å². The van der Waals surface area contributed by atoms with Crippen LogP contribution in [0.3, 0.4) is 0 Å². The van der Waals surface area contributed by atoms with E-state index in [4.69, 9.17) is 5.73 Å². The highest BCUT2D eigenvalue weighted by Crippen LogP contribution is 2.08. The van der Waals surface area contributed by atoms with Gasteiger partial charge in [-0.05, 0) is 17.7 Å². The van der Waals surface area contributed by atoms with Crippen LogP contribution in [0.1, 0.15) is 16.1 Å². The Bertz CT molecular complexity index is 618. The Morgan fingerprint density at radius 3 is 2.68 bits per heavy atom. The van der Waals surface area contributed by atoms with E-state index in [1.54, 1.807) is 0 Å². The molecular formula is C12H10F2N4O.